The van der Waals surface area contributed by atoms with Crippen LogP contribution in [0.5, 0.6) is 0 Å². The lowest BCUT2D eigenvalue weighted by Crippen LogP contribution is -2.38. The van der Waals surface area contributed by atoms with Crippen molar-refractivity contribution in [2.45, 2.75) is 57.4 Å². The molecule has 1 aliphatic rings. The number of nitrogens with one attached hydrogen (secondary N) is 1. The number of nitrogens with zero attached hydrogens (tertiary/aromatic N) is 1. The van der Waals surface area contributed by atoms with E-state index < -0.39 is 0 Å². The summed E-state index contributed by atoms with van der Waals surface area (Å²) in [6.07, 6.45) is 6.82. The average Bonchev–Trinajstić information content (AvgIpc) is 3.12. The Morgan fingerprint density at radius 2 is 1.86 bits per heavy atom. The molecule has 0 atom stereocenters. The summed E-state index contributed by atoms with van der Waals surface area (Å²) >= 11 is 0. The quantitative estimate of drug-likeness (QED) is 0.594. The summed E-state index contributed by atoms with van der Waals surface area (Å²) in [7, 11) is 0. The molecule has 29 heavy (non-hydrogen) atoms. The molecule has 5 heteroatoms. The van der Waals surface area contributed by atoms with Gasteiger partial charge in [0.1, 0.15) is 5.82 Å². The number of aromatic amines is 1. The Labute approximate surface area is 170 Å². The Morgan fingerprint density at radius 3 is 2.59 bits per heavy atom. The molecule has 0 amide bonds. The molecule has 2 aromatic carbocycles. The molecule has 154 valence electrons. The van der Waals surface area contributed by atoms with E-state index in [4.69, 9.17) is 4.42 Å². The predicted octanol–water partition coefficient (Wildman–Crippen LogP) is 5.24. The second-order valence-electron chi connectivity index (χ2n) is 8.13. The highest BCUT2D eigenvalue weighted by Gasteiger charge is 2.26. The van der Waals surface area contributed by atoms with Crippen LogP contribution in [-0.2, 0) is 6.42 Å². The minimum Gasteiger partial charge on any atom is -0.408 e. The molecular formula is C24H29FN2O2. The zero-order valence-corrected chi connectivity index (χ0v) is 17.0. The zero-order valence-electron chi connectivity index (χ0n) is 17.0. The monoisotopic (exact) mass is 396 g/mol. The fourth-order valence-corrected chi connectivity index (χ4v) is 4.73. The summed E-state index contributed by atoms with van der Waals surface area (Å²) < 4.78 is 18.3. The lowest BCUT2D eigenvalue weighted by atomic mass is 9.81. The molecule has 4 rings (SSSR count). The first-order chi connectivity index (χ1) is 14.1. The summed E-state index contributed by atoms with van der Waals surface area (Å²) in [6, 6.07) is 13.6. The van der Waals surface area contributed by atoms with Gasteiger partial charge >= 0.3 is 5.76 Å². The number of halogens is 1. The van der Waals surface area contributed by atoms with E-state index in [0.717, 1.165) is 31.4 Å². The van der Waals surface area contributed by atoms with E-state index in [-0.39, 0.29) is 11.6 Å². The number of hydrogen-bond acceptors (Lipinski definition) is 3. The largest absolute Gasteiger partial charge is 0.417 e. The third-order valence-corrected chi connectivity index (χ3v) is 6.36. The maximum atomic E-state index is 13.0. The van der Waals surface area contributed by atoms with Gasteiger partial charge in [0.25, 0.3) is 0 Å². The highest BCUT2D eigenvalue weighted by Crippen LogP contribution is 2.35. The first kappa shape index (κ1) is 19.9. The van der Waals surface area contributed by atoms with Crippen LogP contribution in [0.25, 0.3) is 11.1 Å². The van der Waals surface area contributed by atoms with Crippen LogP contribution < -0.4 is 5.76 Å². The number of hydrogen-bond donors (Lipinski definition) is 1. The molecule has 1 saturated carbocycles. The number of benzene rings is 2. The molecule has 1 aromatic heterocycles. The molecule has 1 N–H and O–H groups in total. The second kappa shape index (κ2) is 8.95. The van der Waals surface area contributed by atoms with Crippen molar-refractivity contribution in [3.05, 3.63) is 70.0 Å². The van der Waals surface area contributed by atoms with Crippen LogP contribution in [-0.4, -0.2) is 29.0 Å². The first-order valence-corrected chi connectivity index (χ1v) is 10.7. The van der Waals surface area contributed by atoms with Crippen molar-refractivity contribution in [3.63, 3.8) is 0 Å². The summed E-state index contributed by atoms with van der Waals surface area (Å²) in [6.45, 7) is 4.40. The third kappa shape index (κ3) is 4.78. The summed E-state index contributed by atoms with van der Waals surface area (Å²) in [5.41, 5.74) is 3.91. The van der Waals surface area contributed by atoms with Crippen LogP contribution in [0.2, 0.25) is 0 Å². The number of rotatable bonds is 7. The van der Waals surface area contributed by atoms with E-state index in [9.17, 15) is 9.18 Å². The SMILES string of the molecule is CCN(CCCc1ccc(F)cc1)C1CCC(c2ccc3[nH]c(=O)oc3c2)CC1. The Bertz CT molecular complexity index is 984. The van der Waals surface area contributed by atoms with E-state index in [1.54, 1.807) is 12.1 Å². The standard InChI is InChI=1S/C24H29FN2O2/c1-2-27(15-3-4-17-5-10-20(25)11-6-17)21-12-7-18(8-13-21)19-9-14-22-23(16-19)29-24(28)26-22/h5-6,9-11,14,16,18,21H,2-4,7-8,12-13,15H2,1H3,(H,26,28). The van der Waals surface area contributed by atoms with Crippen molar-refractivity contribution in [2.24, 2.45) is 0 Å². The Hall–Kier alpha value is -2.40. The molecular weight excluding hydrogens is 367 g/mol. The molecule has 0 spiro atoms. The van der Waals surface area contributed by atoms with Crippen molar-refractivity contribution in [3.8, 4) is 0 Å². The van der Waals surface area contributed by atoms with Gasteiger partial charge in [-0.05, 0) is 92.9 Å². The minimum absolute atomic E-state index is 0.168. The van der Waals surface area contributed by atoms with E-state index in [1.165, 1.54) is 36.8 Å². The number of oxazole rings is 1. The molecule has 3 aromatic rings. The van der Waals surface area contributed by atoms with E-state index in [0.29, 0.717) is 17.5 Å². The normalized spacial score (nSPS) is 19.8. The lowest BCUT2D eigenvalue weighted by molar-refractivity contribution is 0.154. The van der Waals surface area contributed by atoms with Crippen LogP contribution in [0.1, 0.15) is 56.1 Å². The van der Waals surface area contributed by atoms with Crippen LogP contribution in [0, 0.1) is 5.82 Å². The zero-order chi connectivity index (χ0) is 20.2. The van der Waals surface area contributed by atoms with Gasteiger partial charge in [0, 0.05) is 6.04 Å². The Balaban J connectivity index is 1.29. The molecule has 0 radical (unpaired) electrons. The van der Waals surface area contributed by atoms with Crippen molar-refractivity contribution >= 4 is 11.1 Å². The van der Waals surface area contributed by atoms with Gasteiger partial charge in [-0.25, -0.2) is 9.18 Å². The molecule has 1 fully saturated rings. The van der Waals surface area contributed by atoms with Gasteiger partial charge in [0.15, 0.2) is 5.58 Å². The molecule has 1 aliphatic carbocycles. The lowest BCUT2D eigenvalue weighted by Gasteiger charge is -2.36. The van der Waals surface area contributed by atoms with Crippen molar-refractivity contribution in [1.82, 2.24) is 9.88 Å². The average molecular weight is 397 g/mol. The number of fused-ring (bicyclic) bond motifs is 1. The Kier molecular flexibility index (Phi) is 6.14. The van der Waals surface area contributed by atoms with E-state index in [2.05, 4.69) is 22.9 Å². The van der Waals surface area contributed by atoms with E-state index in [1.807, 2.05) is 24.3 Å². The fraction of sp³-hybridized carbons (Fsp3) is 0.458. The first-order valence-electron chi connectivity index (χ1n) is 10.7. The number of aryl methyl sites for hydroxylation is 1. The van der Waals surface area contributed by atoms with Gasteiger partial charge in [-0.3, -0.25) is 4.98 Å². The number of H-pyrrole nitrogens is 1. The fourth-order valence-electron chi connectivity index (χ4n) is 4.73. The van der Waals surface area contributed by atoms with Crippen LogP contribution in [0.3, 0.4) is 0 Å². The summed E-state index contributed by atoms with van der Waals surface area (Å²) in [4.78, 5) is 16.7. The predicted molar refractivity (Wildman–Crippen MR) is 114 cm³/mol. The maximum absolute atomic E-state index is 13.0. The van der Waals surface area contributed by atoms with Crippen molar-refractivity contribution in [1.29, 1.82) is 0 Å². The van der Waals surface area contributed by atoms with Gasteiger partial charge in [0.05, 0.1) is 5.52 Å². The third-order valence-electron chi connectivity index (χ3n) is 6.36. The van der Waals surface area contributed by atoms with Gasteiger partial charge in [0.2, 0.25) is 0 Å². The molecule has 0 aliphatic heterocycles. The molecule has 1 heterocycles. The van der Waals surface area contributed by atoms with Crippen molar-refractivity contribution in [2.75, 3.05) is 13.1 Å². The van der Waals surface area contributed by atoms with Crippen LogP contribution in [0.15, 0.2) is 51.7 Å². The van der Waals surface area contributed by atoms with Crippen LogP contribution >= 0.6 is 0 Å². The topological polar surface area (TPSA) is 49.2 Å². The van der Waals surface area contributed by atoms with Gasteiger partial charge in [-0.2, -0.15) is 0 Å². The summed E-state index contributed by atoms with van der Waals surface area (Å²) in [5.74, 6) is -0.0210. The second-order valence-corrected chi connectivity index (χ2v) is 8.13. The van der Waals surface area contributed by atoms with Gasteiger partial charge < -0.3 is 9.32 Å². The highest BCUT2D eigenvalue weighted by atomic mass is 19.1. The van der Waals surface area contributed by atoms with E-state index >= 15 is 0 Å². The van der Waals surface area contributed by atoms with Gasteiger partial charge in [-0.15, -0.1) is 0 Å². The molecule has 4 nitrogen and oxygen atoms in total. The Morgan fingerprint density at radius 1 is 1.10 bits per heavy atom. The van der Waals surface area contributed by atoms with Crippen molar-refractivity contribution < 1.29 is 8.81 Å². The maximum Gasteiger partial charge on any atom is 0.417 e. The minimum atomic E-state index is -0.389. The highest BCUT2D eigenvalue weighted by molar-refractivity contribution is 5.72. The van der Waals surface area contributed by atoms with Gasteiger partial charge in [-0.1, -0.05) is 25.1 Å². The molecule has 0 bridgehead atoms. The number of aromatic nitrogens is 1. The molecule has 0 unspecified atom stereocenters. The molecule has 0 saturated heterocycles. The van der Waals surface area contributed by atoms with Crippen LogP contribution in [0.4, 0.5) is 4.39 Å². The smallest absolute Gasteiger partial charge is 0.408 e. The summed E-state index contributed by atoms with van der Waals surface area (Å²) in [5, 5.41) is 0.